The van der Waals surface area contributed by atoms with E-state index in [1.807, 2.05) is 0 Å². The molecule has 0 aromatic heterocycles. The molecule has 0 atom stereocenters. The first kappa shape index (κ1) is 19.2. The van der Waals surface area contributed by atoms with Crippen molar-refractivity contribution in [1.29, 1.82) is 0 Å². The van der Waals surface area contributed by atoms with Crippen LogP contribution in [0.4, 0.5) is 17.6 Å². The SMILES string of the molecule is F/C(=C\C(F)(F)F)C1CCC(C2CCC(C3OCCCO3)CC2)CC1. The summed E-state index contributed by atoms with van der Waals surface area (Å²) in [7, 11) is 0. The lowest BCUT2D eigenvalue weighted by Gasteiger charge is -2.40. The molecular formula is C19H28F4O2. The minimum Gasteiger partial charge on any atom is -0.352 e. The van der Waals surface area contributed by atoms with Crippen LogP contribution in [0.3, 0.4) is 0 Å². The molecule has 0 N–H and O–H groups in total. The van der Waals surface area contributed by atoms with Crippen LogP contribution in [-0.4, -0.2) is 25.7 Å². The van der Waals surface area contributed by atoms with Gasteiger partial charge in [0.1, 0.15) is 5.83 Å². The van der Waals surface area contributed by atoms with E-state index >= 15 is 0 Å². The van der Waals surface area contributed by atoms with Gasteiger partial charge in [-0.2, -0.15) is 13.2 Å². The molecule has 1 heterocycles. The van der Waals surface area contributed by atoms with E-state index in [4.69, 9.17) is 9.47 Å². The van der Waals surface area contributed by atoms with Crippen molar-refractivity contribution >= 4 is 0 Å². The molecule has 2 aliphatic carbocycles. The Morgan fingerprint density at radius 1 is 0.760 bits per heavy atom. The average molecular weight is 364 g/mol. The van der Waals surface area contributed by atoms with Gasteiger partial charge >= 0.3 is 6.18 Å². The Hall–Kier alpha value is -0.620. The van der Waals surface area contributed by atoms with Crippen LogP contribution in [-0.2, 0) is 9.47 Å². The number of hydrogen-bond donors (Lipinski definition) is 0. The fourth-order valence-electron chi connectivity index (χ4n) is 4.81. The molecule has 0 radical (unpaired) electrons. The van der Waals surface area contributed by atoms with Crippen molar-refractivity contribution < 1.29 is 27.0 Å². The summed E-state index contributed by atoms with van der Waals surface area (Å²) in [6.07, 6.45) is 3.42. The van der Waals surface area contributed by atoms with Crippen molar-refractivity contribution in [1.82, 2.24) is 0 Å². The van der Waals surface area contributed by atoms with E-state index in [2.05, 4.69) is 0 Å². The maximum Gasteiger partial charge on any atom is 0.412 e. The lowest BCUT2D eigenvalue weighted by molar-refractivity contribution is -0.211. The number of hydrogen-bond acceptors (Lipinski definition) is 2. The van der Waals surface area contributed by atoms with Gasteiger partial charge in [0, 0.05) is 11.8 Å². The van der Waals surface area contributed by atoms with Gasteiger partial charge < -0.3 is 9.47 Å². The summed E-state index contributed by atoms with van der Waals surface area (Å²) >= 11 is 0. The molecule has 3 aliphatic rings. The van der Waals surface area contributed by atoms with Crippen LogP contribution in [0.2, 0.25) is 0 Å². The van der Waals surface area contributed by atoms with Crippen molar-refractivity contribution in [3.63, 3.8) is 0 Å². The van der Waals surface area contributed by atoms with Gasteiger partial charge in [0.25, 0.3) is 0 Å². The third-order valence-corrected chi connectivity index (χ3v) is 6.18. The van der Waals surface area contributed by atoms with E-state index in [0.717, 1.165) is 58.2 Å². The lowest BCUT2D eigenvalue weighted by atomic mass is 9.69. The zero-order chi connectivity index (χ0) is 17.9. The van der Waals surface area contributed by atoms with Crippen LogP contribution in [0.25, 0.3) is 0 Å². The monoisotopic (exact) mass is 364 g/mol. The van der Waals surface area contributed by atoms with Crippen LogP contribution in [0.15, 0.2) is 11.9 Å². The molecule has 1 saturated heterocycles. The third kappa shape index (κ3) is 5.43. The fourth-order valence-corrected chi connectivity index (χ4v) is 4.81. The number of ether oxygens (including phenoxy) is 2. The first-order valence-corrected chi connectivity index (χ1v) is 9.60. The number of halogens is 4. The number of allylic oxidation sites excluding steroid dienone is 2. The van der Waals surface area contributed by atoms with Gasteiger partial charge in [0.05, 0.1) is 19.3 Å². The van der Waals surface area contributed by atoms with Gasteiger partial charge in [-0.3, -0.25) is 0 Å². The second-order valence-electron chi connectivity index (χ2n) is 7.82. The minimum absolute atomic E-state index is 0.0490. The first-order chi connectivity index (χ1) is 11.9. The highest BCUT2D eigenvalue weighted by atomic mass is 19.4. The highest BCUT2D eigenvalue weighted by Gasteiger charge is 2.36. The highest BCUT2D eigenvalue weighted by Crippen LogP contribution is 2.44. The molecule has 0 unspecified atom stereocenters. The maximum atomic E-state index is 13.7. The molecule has 0 bridgehead atoms. The summed E-state index contributed by atoms with van der Waals surface area (Å²) in [5.74, 6) is 0.0964. The molecule has 0 amide bonds. The zero-order valence-electron chi connectivity index (χ0n) is 14.6. The van der Waals surface area contributed by atoms with E-state index in [9.17, 15) is 17.6 Å². The van der Waals surface area contributed by atoms with Gasteiger partial charge in [-0.25, -0.2) is 4.39 Å². The Balaban J connectivity index is 1.42. The fraction of sp³-hybridized carbons (Fsp3) is 0.895. The Morgan fingerprint density at radius 2 is 1.24 bits per heavy atom. The molecule has 2 nitrogen and oxygen atoms in total. The van der Waals surface area contributed by atoms with Crippen LogP contribution in [0.5, 0.6) is 0 Å². The Kier molecular flexibility index (Phi) is 6.42. The quantitative estimate of drug-likeness (QED) is 0.591. The first-order valence-electron chi connectivity index (χ1n) is 9.60. The number of alkyl halides is 3. The molecule has 2 saturated carbocycles. The zero-order valence-corrected chi connectivity index (χ0v) is 14.6. The van der Waals surface area contributed by atoms with E-state index in [1.165, 1.54) is 0 Å². The average Bonchev–Trinajstić information content (AvgIpc) is 2.61. The van der Waals surface area contributed by atoms with Crippen LogP contribution in [0, 0.1) is 23.7 Å². The van der Waals surface area contributed by atoms with Gasteiger partial charge in [-0.1, -0.05) is 0 Å². The predicted molar refractivity (Wildman–Crippen MR) is 86.5 cm³/mol. The van der Waals surface area contributed by atoms with Crippen molar-refractivity contribution in [3.8, 4) is 0 Å². The normalized spacial score (nSPS) is 36.4. The summed E-state index contributed by atoms with van der Waals surface area (Å²) in [5, 5.41) is 0. The number of rotatable bonds is 3. The van der Waals surface area contributed by atoms with E-state index in [0.29, 0.717) is 30.6 Å². The summed E-state index contributed by atoms with van der Waals surface area (Å²) in [4.78, 5) is 0. The summed E-state index contributed by atoms with van der Waals surface area (Å²) in [5.41, 5.74) is 0. The van der Waals surface area contributed by atoms with Gasteiger partial charge in [0.2, 0.25) is 0 Å². The van der Waals surface area contributed by atoms with Gasteiger partial charge in [-0.15, -0.1) is 0 Å². The molecule has 144 valence electrons. The summed E-state index contributed by atoms with van der Waals surface area (Å²) in [6, 6.07) is 0. The topological polar surface area (TPSA) is 18.5 Å². The third-order valence-electron chi connectivity index (χ3n) is 6.18. The Morgan fingerprint density at radius 3 is 1.76 bits per heavy atom. The Bertz CT molecular complexity index is 441. The largest absolute Gasteiger partial charge is 0.412 e. The van der Waals surface area contributed by atoms with Crippen molar-refractivity contribution in [3.05, 3.63) is 11.9 Å². The molecule has 0 aromatic carbocycles. The van der Waals surface area contributed by atoms with Crippen LogP contribution >= 0.6 is 0 Å². The lowest BCUT2D eigenvalue weighted by Crippen LogP contribution is -2.36. The maximum absolute atomic E-state index is 13.7. The second kappa shape index (κ2) is 8.38. The van der Waals surface area contributed by atoms with E-state index in [1.54, 1.807) is 0 Å². The Labute approximate surface area is 146 Å². The predicted octanol–water partition coefficient (Wildman–Crippen LogP) is 5.78. The van der Waals surface area contributed by atoms with Crippen molar-refractivity contribution in [2.24, 2.45) is 23.7 Å². The molecule has 6 heteroatoms. The van der Waals surface area contributed by atoms with Crippen molar-refractivity contribution in [2.45, 2.75) is 70.3 Å². The summed E-state index contributed by atoms with van der Waals surface area (Å²) in [6.45, 7) is 1.57. The summed E-state index contributed by atoms with van der Waals surface area (Å²) < 4.78 is 62.0. The van der Waals surface area contributed by atoms with Gasteiger partial charge in [-0.05, 0) is 69.6 Å². The molecule has 0 spiro atoms. The van der Waals surface area contributed by atoms with Gasteiger partial charge in [0.15, 0.2) is 6.29 Å². The molecule has 1 aliphatic heterocycles. The standard InChI is InChI=1S/C19H28F4O2/c20-17(12-19(21,22)23)15-6-2-13(3-7-15)14-4-8-16(9-5-14)18-24-10-1-11-25-18/h12-16,18H,1-11H2/b17-12-. The molecular weight excluding hydrogens is 336 g/mol. The van der Waals surface area contributed by atoms with E-state index < -0.39 is 17.9 Å². The van der Waals surface area contributed by atoms with E-state index in [-0.39, 0.29) is 12.4 Å². The highest BCUT2D eigenvalue weighted by molar-refractivity contribution is 5.03. The molecule has 3 rings (SSSR count). The van der Waals surface area contributed by atoms with Crippen LogP contribution in [0.1, 0.15) is 57.8 Å². The molecule has 3 fully saturated rings. The minimum atomic E-state index is -4.55. The van der Waals surface area contributed by atoms with Crippen molar-refractivity contribution in [2.75, 3.05) is 13.2 Å². The second-order valence-corrected chi connectivity index (χ2v) is 7.82. The van der Waals surface area contributed by atoms with Crippen LogP contribution < -0.4 is 0 Å². The molecule has 25 heavy (non-hydrogen) atoms. The smallest absolute Gasteiger partial charge is 0.352 e. The molecule has 0 aromatic rings.